The number of aromatic nitrogens is 2. The van der Waals surface area contributed by atoms with Gasteiger partial charge in [-0.2, -0.15) is 0 Å². The number of nitrogens with one attached hydrogen (secondary N) is 1. The van der Waals surface area contributed by atoms with E-state index >= 15 is 0 Å². The zero-order valence-electron chi connectivity index (χ0n) is 11.2. The van der Waals surface area contributed by atoms with Gasteiger partial charge >= 0.3 is 0 Å². The van der Waals surface area contributed by atoms with Crippen LogP contribution in [0.1, 0.15) is 19.5 Å². The second-order valence-corrected chi connectivity index (χ2v) is 3.86. The van der Waals surface area contributed by atoms with Crippen LogP contribution >= 0.6 is 0 Å². The molecule has 3 aromatic rings. The van der Waals surface area contributed by atoms with Gasteiger partial charge in [0, 0.05) is 23.0 Å². The summed E-state index contributed by atoms with van der Waals surface area (Å²) in [7, 11) is 1.68. The number of nitrogens with zero attached hydrogens (tertiary/aromatic N) is 1. The van der Waals surface area contributed by atoms with Gasteiger partial charge in [-0.15, -0.1) is 0 Å². The van der Waals surface area contributed by atoms with Crippen molar-refractivity contribution < 1.29 is 4.74 Å². The molecule has 0 saturated heterocycles. The first-order chi connectivity index (χ1) is 8.79. The maximum atomic E-state index is 5.21. The lowest BCUT2D eigenvalue weighted by Gasteiger charge is -1.98. The van der Waals surface area contributed by atoms with Gasteiger partial charge in [0.15, 0.2) is 0 Å². The predicted octanol–water partition coefficient (Wildman–Crippen LogP) is 4.06. The molecule has 18 heavy (non-hydrogen) atoms. The van der Waals surface area contributed by atoms with Crippen molar-refractivity contribution in [2.24, 2.45) is 0 Å². The molecule has 1 N–H and O–H groups in total. The largest absolute Gasteiger partial charge is 0.497 e. The van der Waals surface area contributed by atoms with Crippen molar-refractivity contribution >= 4 is 21.8 Å². The molecule has 0 unspecified atom stereocenters. The monoisotopic (exact) mass is 242 g/mol. The highest BCUT2D eigenvalue weighted by Crippen LogP contribution is 2.28. The van der Waals surface area contributed by atoms with Gasteiger partial charge in [0.2, 0.25) is 0 Å². The number of rotatable bonds is 1. The highest BCUT2D eigenvalue weighted by atomic mass is 16.5. The third kappa shape index (κ3) is 1.92. The van der Waals surface area contributed by atoms with Gasteiger partial charge in [0.25, 0.3) is 0 Å². The van der Waals surface area contributed by atoms with Crippen LogP contribution < -0.4 is 4.74 Å². The molecule has 0 fully saturated rings. The molecule has 94 valence electrons. The highest BCUT2D eigenvalue weighted by molar-refractivity contribution is 6.08. The SMILES string of the molecule is CC.COc1ccc2c(c1)[nH]c1c(C)nccc12. The van der Waals surface area contributed by atoms with Gasteiger partial charge in [-0.05, 0) is 25.1 Å². The highest BCUT2D eigenvalue weighted by Gasteiger charge is 2.06. The van der Waals surface area contributed by atoms with E-state index < -0.39 is 0 Å². The Morgan fingerprint density at radius 1 is 1.11 bits per heavy atom. The van der Waals surface area contributed by atoms with E-state index in [1.807, 2.05) is 45.2 Å². The summed E-state index contributed by atoms with van der Waals surface area (Å²) >= 11 is 0. The molecule has 0 aliphatic rings. The molecule has 0 bridgehead atoms. The van der Waals surface area contributed by atoms with Crippen LogP contribution in [0.25, 0.3) is 21.8 Å². The summed E-state index contributed by atoms with van der Waals surface area (Å²) in [5.41, 5.74) is 3.21. The standard InChI is InChI=1S/C13H12N2O.C2H6/c1-8-13-11(5-6-14-8)10-4-3-9(16-2)7-12(10)15-13;1-2/h3-7,15H,1-2H3;1-2H3. The van der Waals surface area contributed by atoms with Crippen molar-refractivity contribution in [1.82, 2.24) is 9.97 Å². The molecule has 0 aliphatic carbocycles. The van der Waals surface area contributed by atoms with Gasteiger partial charge < -0.3 is 9.72 Å². The number of methoxy groups -OCH3 is 1. The van der Waals surface area contributed by atoms with E-state index in [0.717, 1.165) is 22.5 Å². The third-order valence-corrected chi connectivity index (χ3v) is 2.92. The number of H-pyrrole nitrogens is 1. The lowest BCUT2D eigenvalue weighted by molar-refractivity contribution is 0.415. The first kappa shape index (κ1) is 12.4. The average Bonchev–Trinajstić information content (AvgIpc) is 2.80. The maximum absolute atomic E-state index is 5.21. The molecule has 0 spiro atoms. The van der Waals surface area contributed by atoms with Gasteiger partial charge in [0.05, 0.1) is 23.8 Å². The normalized spacial score (nSPS) is 10.2. The Labute approximate surface area is 107 Å². The molecule has 0 saturated carbocycles. The zero-order chi connectivity index (χ0) is 13.1. The summed E-state index contributed by atoms with van der Waals surface area (Å²) < 4.78 is 5.21. The molecule has 3 nitrogen and oxygen atoms in total. The molecule has 0 aliphatic heterocycles. The number of aryl methyl sites for hydroxylation is 1. The van der Waals surface area contributed by atoms with E-state index in [2.05, 4.69) is 16.0 Å². The number of hydrogen-bond acceptors (Lipinski definition) is 2. The Kier molecular flexibility index (Phi) is 3.51. The minimum absolute atomic E-state index is 0.865. The van der Waals surface area contributed by atoms with Crippen molar-refractivity contribution in [2.75, 3.05) is 7.11 Å². The number of ether oxygens (including phenoxy) is 1. The molecule has 2 heterocycles. The summed E-state index contributed by atoms with van der Waals surface area (Å²) in [6, 6.07) is 8.10. The van der Waals surface area contributed by atoms with Crippen molar-refractivity contribution in [3.63, 3.8) is 0 Å². The topological polar surface area (TPSA) is 37.9 Å². The summed E-state index contributed by atoms with van der Waals surface area (Å²) in [5, 5.41) is 2.42. The predicted molar refractivity (Wildman–Crippen MR) is 76.2 cm³/mol. The molecule has 1 aromatic carbocycles. The summed E-state index contributed by atoms with van der Waals surface area (Å²) in [4.78, 5) is 7.66. The Balaban J connectivity index is 0.000000574. The number of aromatic amines is 1. The molecular formula is C15H18N2O. The molecule has 0 radical (unpaired) electrons. The van der Waals surface area contributed by atoms with Crippen LogP contribution in [-0.4, -0.2) is 17.1 Å². The smallest absolute Gasteiger partial charge is 0.120 e. The van der Waals surface area contributed by atoms with Crippen LogP contribution in [0.15, 0.2) is 30.5 Å². The molecule has 2 aromatic heterocycles. The fourth-order valence-corrected chi connectivity index (χ4v) is 2.07. The fraction of sp³-hybridized carbons (Fsp3) is 0.267. The molecule has 3 heteroatoms. The van der Waals surface area contributed by atoms with Crippen LogP contribution in [0.4, 0.5) is 0 Å². The van der Waals surface area contributed by atoms with E-state index in [-0.39, 0.29) is 0 Å². The lowest BCUT2D eigenvalue weighted by atomic mass is 10.1. The van der Waals surface area contributed by atoms with Gasteiger partial charge in [-0.1, -0.05) is 13.8 Å². The first-order valence-electron chi connectivity index (χ1n) is 6.20. The van der Waals surface area contributed by atoms with Gasteiger partial charge in [0.1, 0.15) is 5.75 Å². The van der Waals surface area contributed by atoms with Crippen LogP contribution in [-0.2, 0) is 0 Å². The Morgan fingerprint density at radius 3 is 2.61 bits per heavy atom. The van der Waals surface area contributed by atoms with Gasteiger partial charge in [-0.3, -0.25) is 4.98 Å². The Morgan fingerprint density at radius 2 is 1.89 bits per heavy atom. The van der Waals surface area contributed by atoms with Crippen molar-refractivity contribution in [1.29, 1.82) is 0 Å². The van der Waals surface area contributed by atoms with E-state index in [1.165, 1.54) is 10.8 Å². The Hall–Kier alpha value is -2.03. The third-order valence-electron chi connectivity index (χ3n) is 2.92. The van der Waals surface area contributed by atoms with E-state index in [1.54, 1.807) is 7.11 Å². The number of hydrogen-bond donors (Lipinski definition) is 1. The first-order valence-corrected chi connectivity index (χ1v) is 6.20. The lowest BCUT2D eigenvalue weighted by Crippen LogP contribution is -1.80. The van der Waals surface area contributed by atoms with E-state index in [0.29, 0.717) is 0 Å². The van der Waals surface area contributed by atoms with Crippen LogP contribution in [0.3, 0.4) is 0 Å². The maximum Gasteiger partial charge on any atom is 0.120 e. The quantitative estimate of drug-likeness (QED) is 0.698. The van der Waals surface area contributed by atoms with E-state index in [9.17, 15) is 0 Å². The zero-order valence-corrected chi connectivity index (χ0v) is 11.2. The minimum Gasteiger partial charge on any atom is -0.497 e. The average molecular weight is 242 g/mol. The summed E-state index contributed by atoms with van der Waals surface area (Å²) in [5.74, 6) is 0.865. The van der Waals surface area contributed by atoms with Crippen molar-refractivity contribution in [3.8, 4) is 5.75 Å². The van der Waals surface area contributed by atoms with Crippen LogP contribution in [0, 0.1) is 6.92 Å². The molecule has 0 amide bonds. The van der Waals surface area contributed by atoms with Crippen LogP contribution in [0.2, 0.25) is 0 Å². The minimum atomic E-state index is 0.865. The molecular weight excluding hydrogens is 224 g/mol. The second kappa shape index (κ2) is 5.08. The number of benzene rings is 1. The van der Waals surface area contributed by atoms with Crippen LogP contribution in [0.5, 0.6) is 5.75 Å². The van der Waals surface area contributed by atoms with Crippen molar-refractivity contribution in [2.45, 2.75) is 20.8 Å². The summed E-state index contributed by atoms with van der Waals surface area (Å²) in [6.07, 6.45) is 1.84. The number of fused-ring (bicyclic) bond motifs is 3. The molecule has 3 rings (SSSR count). The fourth-order valence-electron chi connectivity index (χ4n) is 2.07. The molecule has 0 atom stereocenters. The summed E-state index contributed by atoms with van der Waals surface area (Å²) in [6.45, 7) is 6.01. The van der Waals surface area contributed by atoms with E-state index in [4.69, 9.17) is 4.74 Å². The number of pyridine rings is 1. The second-order valence-electron chi connectivity index (χ2n) is 3.86. The van der Waals surface area contributed by atoms with Gasteiger partial charge in [-0.25, -0.2) is 0 Å². The van der Waals surface area contributed by atoms with Crippen molar-refractivity contribution in [3.05, 3.63) is 36.2 Å². The Bertz CT molecular complexity index is 671.